The van der Waals surface area contributed by atoms with Gasteiger partial charge >= 0.3 is 0 Å². The van der Waals surface area contributed by atoms with Crippen LogP contribution in [-0.4, -0.2) is 38.4 Å². The molecule has 0 saturated heterocycles. The fourth-order valence-corrected chi connectivity index (χ4v) is 3.44. The highest BCUT2D eigenvalue weighted by atomic mass is 16.3. The van der Waals surface area contributed by atoms with Crippen molar-refractivity contribution in [3.05, 3.63) is 77.6 Å². The van der Waals surface area contributed by atoms with Crippen LogP contribution in [0.1, 0.15) is 28.4 Å². The summed E-state index contributed by atoms with van der Waals surface area (Å²) < 4.78 is 1.86. The van der Waals surface area contributed by atoms with E-state index in [-0.39, 0.29) is 18.6 Å². The molecule has 152 valence electrons. The van der Waals surface area contributed by atoms with Crippen LogP contribution in [0.15, 0.2) is 60.9 Å². The highest BCUT2D eigenvalue weighted by Gasteiger charge is 2.18. The second-order valence-electron chi connectivity index (χ2n) is 7.58. The van der Waals surface area contributed by atoms with Crippen LogP contribution in [0.2, 0.25) is 0 Å². The number of aryl methyl sites for hydroxylation is 2. The maximum atomic E-state index is 12.9. The minimum atomic E-state index is -0.338. The monoisotopic (exact) mass is 400 g/mol. The van der Waals surface area contributed by atoms with E-state index >= 15 is 0 Å². The van der Waals surface area contributed by atoms with Gasteiger partial charge in [0.15, 0.2) is 0 Å². The van der Waals surface area contributed by atoms with Crippen molar-refractivity contribution in [2.45, 2.75) is 26.8 Å². The number of carbonyl (C=O) groups excluding carboxylic acids is 1. The maximum absolute atomic E-state index is 12.9. The number of benzene rings is 2. The van der Waals surface area contributed by atoms with Gasteiger partial charge in [-0.05, 0) is 56.2 Å². The van der Waals surface area contributed by atoms with Crippen LogP contribution in [0, 0.1) is 13.8 Å². The third kappa shape index (κ3) is 3.69. The quantitative estimate of drug-likeness (QED) is 0.534. The predicted molar refractivity (Wildman–Crippen MR) is 118 cm³/mol. The SMILES string of the molecule is Cc1ccc(-c2cc(C(=O)NC(C)CO)cc3c2cnn3-c2ccccc2C)nc1. The largest absolute Gasteiger partial charge is 0.394 e. The second-order valence-corrected chi connectivity index (χ2v) is 7.58. The fourth-order valence-electron chi connectivity index (χ4n) is 3.44. The molecule has 1 unspecified atom stereocenters. The molecule has 2 aromatic heterocycles. The number of para-hydroxylation sites is 1. The van der Waals surface area contributed by atoms with Gasteiger partial charge in [-0.25, -0.2) is 4.68 Å². The first kappa shape index (κ1) is 19.8. The molecule has 0 radical (unpaired) electrons. The lowest BCUT2D eigenvalue weighted by atomic mass is 10.0. The molecule has 2 aromatic carbocycles. The molecule has 1 amide bonds. The van der Waals surface area contributed by atoms with E-state index in [1.807, 2.05) is 79.5 Å². The van der Waals surface area contributed by atoms with Crippen LogP contribution in [0.5, 0.6) is 0 Å². The van der Waals surface area contributed by atoms with Gasteiger partial charge in [-0.1, -0.05) is 24.3 Å². The number of carbonyl (C=O) groups is 1. The molecule has 6 heteroatoms. The van der Waals surface area contributed by atoms with E-state index in [4.69, 9.17) is 0 Å². The molecule has 4 aromatic rings. The first-order valence-electron chi connectivity index (χ1n) is 9.90. The smallest absolute Gasteiger partial charge is 0.251 e. The van der Waals surface area contributed by atoms with Crippen molar-refractivity contribution in [2.24, 2.45) is 0 Å². The molecule has 0 saturated carbocycles. The zero-order valence-corrected chi connectivity index (χ0v) is 17.3. The summed E-state index contributed by atoms with van der Waals surface area (Å²) in [5, 5.41) is 17.7. The summed E-state index contributed by atoms with van der Waals surface area (Å²) in [6.45, 7) is 5.66. The number of aliphatic hydroxyl groups is 1. The number of hydrogen-bond donors (Lipinski definition) is 2. The number of aromatic nitrogens is 3. The Hall–Kier alpha value is -3.51. The molecule has 0 aliphatic heterocycles. The van der Waals surface area contributed by atoms with Crippen LogP contribution in [0.25, 0.3) is 27.8 Å². The molecule has 2 N–H and O–H groups in total. The molecule has 1 atom stereocenters. The number of aliphatic hydroxyl groups excluding tert-OH is 1. The van der Waals surface area contributed by atoms with Gasteiger partial charge in [0, 0.05) is 28.8 Å². The molecular formula is C24H24N4O2. The first-order chi connectivity index (χ1) is 14.5. The molecule has 2 heterocycles. The molecule has 6 nitrogen and oxygen atoms in total. The van der Waals surface area contributed by atoms with Crippen molar-refractivity contribution in [1.29, 1.82) is 0 Å². The third-order valence-electron chi connectivity index (χ3n) is 5.13. The number of pyridine rings is 1. The molecule has 0 aliphatic carbocycles. The molecule has 0 fully saturated rings. The van der Waals surface area contributed by atoms with Gasteiger partial charge in [0.05, 0.1) is 29.7 Å². The number of nitrogens with zero attached hydrogens (tertiary/aromatic N) is 3. The number of nitrogens with one attached hydrogen (secondary N) is 1. The summed E-state index contributed by atoms with van der Waals surface area (Å²) in [7, 11) is 0. The Morgan fingerprint density at radius 3 is 2.63 bits per heavy atom. The summed E-state index contributed by atoms with van der Waals surface area (Å²) >= 11 is 0. The van der Waals surface area contributed by atoms with Crippen LogP contribution in [0.4, 0.5) is 0 Å². The molecule has 0 bridgehead atoms. The standard InChI is InChI=1S/C24H24N4O2/c1-15-8-9-21(25-12-15)19-10-18(24(30)27-17(3)14-29)11-23-20(19)13-26-28(23)22-7-5-4-6-16(22)2/h4-13,17,29H,14H2,1-3H3,(H,27,30). The van der Waals surface area contributed by atoms with Crippen LogP contribution in [0.3, 0.4) is 0 Å². The van der Waals surface area contributed by atoms with Crippen LogP contribution < -0.4 is 5.32 Å². The molecule has 0 spiro atoms. The highest BCUT2D eigenvalue weighted by molar-refractivity contribution is 6.03. The van der Waals surface area contributed by atoms with Crippen LogP contribution in [-0.2, 0) is 0 Å². The van der Waals surface area contributed by atoms with Gasteiger partial charge in [-0.2, -0.15) is 5.10 Å². The summed E-state index contributed by atoms with van der Waals surface area (Å²) in [5.74, 6) is -0.246. The lowest BCUT2D eigenvalue weighted by molar-refractivity contribution is 0.0922. The van der Waals surface area contributed by atoms with Gasteiger partial charge < -0.3 is 10.4 Å². The number of rotatable bonds is 5. The number of amides is 1. The second kappa shape index (κ2) is 8.08. The lowest BCUT2D eigenvalue weighted by Gasteiger charge is -2.13. The van der Waals surface area contributed by atoms with E-state index in [2.05, 4.69) is 15.4 Å². The summed E-state index contributed by atoms with van der Waals surface area (Å²) in [6.07, 6.45) is 3.63. The first-order valence-corrected chi connectivity index (χ1v) is 9.90. The highest BCUT2D eigenvalue weighted by Crippen LogP contribution is 2.31. The average Bonchev–Trinajstić information content (AvgIpc) is 3.17. The van der Waals surface area contributed by atoms with Crippen molar-refractivity contribution in [3.63, 3.8) is 0 Å². The Morgan fingerprint density at radius 2 is 1.93 bits per heavy atom. The normalized spacial score (nSPS) is 12.1. The van der Waals surface area contributed by atoms with Crippen molar-refractivity contribution in [3.8, 4) is 16.9 Å². The maximum Gasteiger partial charge on any atom is 0.251 e. The topological polar surface area (TPSA) is 80.0 Å². The summed E-state index contributed by atoms with van der Waals surface area (Å²) in [4.78, 5) is 17.4. The van der Waals surface area contributed by atoms with Gasteiger partial charge in [-0.15, -0.1) is 0 Å². The van der Waals surface area contributed by atoms with E-state index in [0.29, 0.717) is 5.56 Å². The lowest BCUT2D eigenvalue weighted by Crippen LogP contribution is -2.35. The van der Waals surface area contributed by atoms with E-state index in [9.17, 15) is 9.90 Å². The predicted octanol–water partition coefficient (Wildman–Crippen LogP) is 3.81. The summed E-state index contributed by atoms with van der Waals surface area (Å²) in [5.41, 5.74) is 6.05. The molecular weight excluding hydrogens is 376 g/mol. The van der Waals surface area contributed by atoms with Crippen molar-refractivity contribution >= 4 is 16.8 Å². The third-order valence-corrected chi connectivity index (χ3v) is 5.13. The molecule has 30 heavy (non-hydrogen) atoms. The Labute approximate surface area is 175 Å². The van der Waals surface area contributed by atoms with E-state index < -0.39 is 0 Å². The minimum absolute atomic E-state index is 0.124. The van der Waals surface area contributed by atoms with E-state index in [1.165, 1.54) is 0 Å². The van der Waals surface area contributed by atoms with E-state index in [1.54, 1.807) is 6.92 Å². The Morgan fingerprint density at radius 1 is 1.13 bits per heavy atom. The van der Waals surface area contributed by atoms with Gasteiger partial charge in [0.2, 0.25) is 0 Å². The molecule has 0 aliphatic rings. The van der Waals surface area contributed by atoms with Crippen LogP contribution >= 0.6 is 0 Å². The van der Waals surface area contributed by atoms with Gasteiger partial charge in [-0.3, -0.25) is 9.78 Å². The Bertz CT molecular complexity index is 1210. The summed E-state index contributed by atoms with van der Waals surface area (Å²) in [6, 6.07) is 15.3. The van der Waals surface area contributed by atoms with Crippen molar-refractivity contribution < 1.29 is 9.90 Å². The average molecular weight is 400 g/mol. The zero-order chi connectivity index (χ0) is 21.3. The van der Waals surface area contributed by atoms with Gasteiger partial charge in [0.25, 0.3) is 5.91 Å². The molecule has 4 rings (SSSR count). The van der Waals surface area contributed by atoms with Crippen molar-refractivity contribution in [2.75, 3.05) is 6.61 Å². The fraction of sp³-hybridized carbons (Fsp3) is 0.208. The van der Waals surface area contributed by atoms with Crippen molar-refractivity contribution in [1.82, 2.24) is 20.1 Å². The minimum Gasteiger partial charge on any atom is -0.394 e. The van der Waals surface area contributed by atoms with E-state index in [0.717, 1.165) is 39.0 Å². The Balaban J connectivity index is 1.94. The van der Waals surface area contributed by atoms with Gasteiger partial charge in [0.1, 0.15) is 0 Å². The Kier molecular flexibility index (Phi) is 5.33. The number of fused-ring (bicyclic) bond motifs is 1. The number of hydrogen-bond acceptors (Lipinski definition) is 4. The zero-order valence-electron chi connectivity index (χ0n) is 17.3.